The van der Waals surface area contributed by atoms with Gasteiger partial charge in [0.25, 0.3) is 0 Å². The first-order chi connectivity index (χ1) is 11.6. The van der Waals surface area contributed by atoms with Crippen LogP contribution in [0.5, 0.6) is 0 Å². The summed E-state index contributed by atoms with van der Waals surface area (Å²) in [6.45, 7) is 1.21. The molecule has 2 aromatic rings. The van der Waals surface area contributed by atoms with Crippen LogP contribution in [0.25, 0.3) is 5.57 Å². The molecular formula is C20H21NO3. The summed E-state index contributed by atoms with van der Waals surface area (Å²) in [5.74, 6) is -0.00490. The molecule has 0 unspecified atom stereocenters. The number of ether oxygens (including phenoxy) is 2. The lowest BCUT2D eigenvalue weighted by Gasteiger charge is -2.13. The van der Waals surface area contributed by atoms with E-state index in [-0.39, 0.29) is 12.1 Å². The number of carbonyl (C=O) groups excluding carboxylic acids is 1. The van der Waals surface area contributed by atoms with E-state index >= 15 is 0 Å². The third-order valence-electron chi connectivity index (χ3n) is 3.78. The predicted molar refractivity (Wildman–Crippen MR) is 93.5 cm³/mol. The highest BCUT2D eigenvalue weighted by atomic mass is 16.7. The summed E-state index contributed by atoms with van der Waals surface area (Å²) in [6, 6.07) is 17.1. The SMILES string of the molecule is CN(C)/C=C(/C(=O)c1ccc(C2OCCO2)cc1)c1ccccc1. The Morgan fingerprint density at radius 1 is 0.958 bits per heavy atom. The van der Waals surface area contributed by atoms with Gasteiger partial charge in [-0.05, 0) is 5.56 Å². The van der Waals surface area contributed by atoms with E-state index in [0.29, 0.717) is 24.4 Å². The first-order valence-electron chi connectivity index (χ1n) is 7.96. The van der Waals surface area contributed by atoms with E-state index in [1.807, 2.05) is 79.8 Å². The minimum Gasteiger partial charge on any atom is -0.383 e. The fraction of sp³-hybridized carbons (Fsp3) is 0.250. The first-order valence-corrected chi connectivity index (χ1v) is 7.96. The van der Waals surface area contributed by atoms with Gasteiger partial charge < -0.3 is 14.4 Å². The van der Waals surface area contributed by atoms with E-state index in [4.69, 9.17) is 9.47 Å². The lowest BCUT2D eigenvalue weighted by Crippen LogP contribution is -2.09. The van der Waals surface area contributed by atoms with Crippen LogP contribution in [0.1, 0.15) is 27.8 Å². The van der Waals surface area contributed by atoms with E-state index in [9.17, 15) is 4.79 Å². The van der Waals surface area contributed by atoms with E-state index < -0.39 is 0 Å². The summed E-state index contributed by atoms with van der Waals surface area (Å²) in [4.78, 5) is 14.8. The van der Waals surface area contributed by atoms with Crippen molar-refractivity contribution in [3.8, 4) is 0 Å². The normalized spacial score (nSPS) is 15.5. The number of rotatable bonds is 5. The molecule has 1 saturated heterocycles. The van der Waals surface area contributed by atoms with Crippen molar-refractivity contribution in [1.82, 2.24) is 4.90 Å². The van der Waals surface area contributed by atoms with E-state index in [0.717, 1.165) is 11.1 Å². The number of hydrogen-bond acceptors (Lipinski definition) is 4. The molecule has 0 saturated carbocycles. The summed E-state index contributed by atoms with van der Waals surface area (Å²) >= 11 is 0. The lowest BCUT2D eigenvalue weighted by molar-refractivity contribution is -0.0441. The van der Waals surface area contributed by atoms with Crippen LogP contribution in [0, 0.1) is 0 Å². The van der Waals surface area contributed by atoms with Gasteiger partial charge >= 0.3 is 0 Å². The molecular weight excluding hydrogens is 302 g/mol. The highest BCUT2D eigenvalue weighted by Gasteiger charge is 2.19. The van der Waals surface area contributed by atoms with Gasteiger partial charge in [0.15, 0.2) is 12.1 Å². The molecule has 124 valence electrons. The molecule has 1 aliphatic heterocycles. The minimum absolute atomic E-state index is 0.00490. The second-order valence-electron chi connectivity index (χ2n) is 5.90. The number of ketones is 1. The van der Waals surface area contributed by atoms with Crippen LogP contribution in [0.4, 0.5) is 0 Å². The van der Waals surface area contributed by atoms with Crippen molar-refractivity contribution < 1.29 is 14.3 Å². The Bertz CT molecular complexity index is 714. The van der Waals surface area contributed by atoms with Gasteiger partial charge in [-0.3, -0.25) is 4.79 Å². The van der Waals surface area contributed by atoms with Crippen LogP contribution in [-0.4, -0.2) is 38.0 Å². The highest BCUT2D eigenvalue weighted by molar-refractivity contribution is 6.28. The number of carbonyl (C=O) groups is 1. The molecule has 1 aliphatic rings. The van der Waals surface area contributed by atoms with Crippen molar-refractivity contribution in [2.24, 2.45) is 0 Å². The molecule has 0 amide bonds. The largest absolute Gasteiger partial charge is 0.383 e. The standard InChI is InChI=1S/C20H21NO3/c1-21(2)14-18(15-6-4-3-5-7-15)19(22)16-8-10-17(11-9-16)20-23-12-13-24-20/h3-11,14,20H,12-13H2,1-2H3/b18-14+. The Morgan fingerprint density at radius 2 is 1.58 bits per heavy atom. The molecule has 4 nitrogen and oxygen atoms in total. The molecule has 0 bridgehead atoms. The van der Waals surface area contributed by atoms with Crippen LogP contribution in [-0.2, 0) is 9.47 Å². The summed E-state index contributed by atoms with van der Waals surface area (Å²) in [6.07, 6.45) is 1.54. The van der Waals surface area contributed by atoms with Crippen molar-refractivity contribution in [3.05, 3.63) is 77.5 Å². The lowest BCUT2D eigenvalue weighted by atomic mass is 9.96. The second kappa shape index (κ2) is 7.43. The number of benzene rings is 2. The van der Waals surface area contributed by atoms with Gasteiger partial charge in [-0.25, -0.2) is 0 Å². The molecule has 0 radical (unpaired) electrons. The fourth-order valence-electron chi connectivity index (χ4n) is 2.64. The number of Topliss-reactive ketones (excluding diaryl/α,β-unsaturated/α-hetero) is 1. The van der Waals surface area contributed by atoms with E-state index in [1.165, 1.54) is 0 Å². The summed E-state index contributed by atoms with van der Waals surface area (Å²) < 4.78 is 11.0. The molecule has 1 heterocycles. The smallest absolute Gasteiger partial charge is 0.195 e. The Hall–Kier alpha value is -2.43. The van der Waals surface area contributed by atoms with Gasteiger partial charge in [-0.1, -0.05) is 54.6 Å². The van der Waals surface area contributed by atoms with E-state index in [1.54, 1.807) is 0 Å². The maximum atomic E-state index is 13.0. The average molecular weight is 323 g/mol. The maximum absolute atomic E-state index is 13.0. The van der Waals surface area contributed by atoms with Crippen LogP contribution in [0.3, 0.4) is 0 Å². The quantitative estimate of drug-likeness (QED) is 0.623. The van der Waals surface area contributed by atoms with Gasteiger partial charge in [-0.15, -0.1) is 0 Å². The first kappa shape index (κ1) is 16.4. The van der Waals surface area contributed by atoms with Gasteiger partial charge in [0.2, 0.25) is 0 Å². The van der Waals surface area contributed by atoms with Gasteiger partial charge in [0.05, 0.1) is 13.2 Å². The molecule has 1 fully saturated rings. The van der Waals surface area contributed by atoms with Gasteiger partial charge in [0.1, 0.15) is 0 Å². The fourth-order valence-corrected chi connectivity index (χ4v) is 2.64. The molecule has 0 aliphatic carbocycles. The van der Waals surface area contributed by atoms with Crippen molar-refractivity contribution in [2.45, 2.75) is 6.29 Å². The summed E-state index contributed by atoms with van der Waals surface area (Å²) in [5, 5.41) is 0. The van der Waals surface area contributed by atoms with Crippen molar-refractivity contribution >= 4 is 11.4 Å². The second-order valence-corrected chi connectivity index (χ2v) is 5.90. The monoisotopic (exact) mass is 323 g/mol. The van der Waals surface area contributed by atoms with Crippen molar-refractivity contribution in [3.63, 3.8) is 0 Å². The highest BCUT2D eigenvalue weighted by Crippen LogP contribution is 2.25. The Morgan fingerprint density at radius 3 is 2.17 bits per heavy atom. The zero-order valence-corrected chi connectivity index (χ0v) is 13.9. The number of allylic oxidation sites excluding steroid dienone is 1. The molecule has 0 atom stereocenters. The van der Waals surface area contributed by atoms with Gasteiger partial charge in [-0.2, -0.15) is 0 Å². The molecule has 0 spiro atoms. The Kier molecular flexibility index (Phi) is 5.08. The molecule has 2 aromatic carbocycles. The molecule has 3 rings (SSSR count). The Labute approximate surface area is 142 Å². The number of nitrogens with zero attached hydrogens (tertiary/aromatic N) is 1. The van der Waals surface area contributed by atoms with E-state index in [2.05, 4.69) is 0 Å². The molecule has 0 N–H and O–H groups in total. The summed E-state index contributed by atoms with van der Waals surface area (Å²) in [5.41, 5.74) is 3.15. The predicted octanol–water partition coefficient (Wildman–Crippen LogP) is 3.52. The molecule has 0 aromatic heterocycles. The summed E-state index contributed by atoms with van der Waals surface area (Å²) in [7, 11) is 3.82. The third-order valence-corrected chi connectivity index (χ3v) is 3.78. The van der Waals surface area contributed by atoms with Crippen LogP contribution in [0.2, 0.25) is 0 Å². The zero-order chi connectivity index (χ0) is 16.9. The van der Waals surface area contributed by atoms with Crippen molar-refractivity contribution in [1.29, 1.82) is 0 Å². The minimum atomic E-state index is -0.319. The zero-order valence-electron chi connectivity index (χ0n) is 13.9. The number of hydrogen-bond donors (Lipinski definition) is 0. The average Bonchev–Trinajstić information content (AvgIpc) is 3.14. The van der Waals surface area contributed by atoms with Crippen LogP contribution >= 0.6 is 0 Å². The topological polar surface area (TPSA) is 38.8 Å². The Balaban J connectivity index is 1.87. The maximum Gasteiger partial charge on any atom is 0.195 e. The van der Waals surface area contributed by atoms with Crippen molar-refractivity contribution in [2.75, 3.05) is 27.3 Å². The molecule has 4 heteroatoms. The van der Waals surface area contributed by atoms with Crippen LogP contribution < -0.4 is 0 Å². The van der Waals surface area contributed by atoms with Crippen LogP contribution in [0.15, 0.2) is 60.8 Å². The molecule has 24 heavy (non-hydrogen) atoms. The van der Waals surface area contributed by atoms with Gasteiger partial charge in [0, 0.05) is 37.0 Å². The third kappa shape index (κ3) is 3.72.